The predicted octanol–water partition coefficient (Wildman–Crippen LogP) is 4.14. The summed E-state index contributed by atoms with van der Waals surface area (Å²) in [5.74, 6) is 2.51. The molecule has 0 unspecified atom stereocenters. The molecular weight excluding hydrogens is 338 g/mol. The highest BCUT2D eigenvalue weighted by Gasteiger charge is 2.30. The average molecular weight is 367 g/mol. The first kappa shape index (κ1) is 18.0. The van der Waals surface area contributed by atoms with Crippen LogP contribution in [0.4, 0.5) is 11.6 Å². The van der Waals surface area contributed by atoms with Crippen LogP contribution in [0.3, 0.4) is 0 Å². The highest BCUT2D eigenvalue weighted by Crippen LogP contribution is 2.31. The van der Waals surface area contributed by atoms with Gasteiger partial charge in [-0.1, -0.05) is 25.3 Å². The van der Waals surface area contributed by atoms with Crippen LogP contribution in [0.1, 0.15) is 62.3 Å². The summed E-state index contributed by atoms with van der Waals surface area (Å²) in [5.41, 5.74) is 2.08. The standard InChI is InChI=1S/C21H29N5O/c1-15-13-20(25-24-15)23-19-11-5-10-18(22-19)17-9-6-12-26(14-17)21(27)16-7-3-2-4-8-16/h5,10-11,13,16-17H,2-4,6-9,12,14H2,1H3,(H2,22,23,24,25)/t17-/m1/s1. The van der Waals surface area contributed by atoms with E-state index in [1.54, 1.807) is 0 Å². The van der Waals surface area contributed by atoms with E-state index >= 15 is 0 Å². The molecule has 144 valence electrons. The Kier molecular flexibility index (Phi) is 5.41. The minimum atomic E-state index is 0.251. The van der Waals surface area contributed by atoms with Crippen LogP contribution in [-0.4, -0.2) is 39.1 Å². The quantitative estimate of drug-likeness (QED) is 0.852. The summed E-state index contributed by atoms with van der Waals surface area (Å²) >= 11 is 0. The Labute approximate surface area is 160 Å². The number of hydrogen-bond acceptors (Lipinski definition) is 4. The van der Waals surface area contributed by atoms with E-state index in [0.29, 0.717) is 11.8 Å². The molecule has 0 aromatic carbocycles. The van der Waals surface area contributed by atoms with Crippen molar-refractivity contribution in [3.05, 3.63) is 35.7 Å². The molecule has 6 heteroatoms. The third-order valence-corrected chi connectivity index (χ3v) is 5.84. The number of carbonyl (C=O) groups is 1. The van der Waals surface area contributed by atoms with Gasteiger partial charge in [-0.05, 0) is 44.7 Å². The van der Waals surface area contributed by atoms with Crippen molar-refractivity contribution in [2.24, 2.45) is 5.92 Å². The van der Waals surface area contributed by atoms with Crippen LogP contribution >= 0.6 is 0 Å². The van der Waals surface area contributed by atoms with Crippen LogP contribution < -0.4 is 5.32 Å². The van der Waals surface area contributed by atoms with Crippen molar-refractivity contribution in [1.82, 2.24) is 20.1 Å². The number of rotatable bonds is 4. The Hall–Kier alpha value is -2.37. The lowest BCUT2D eigenvalue weighted by Crippen LogP contribution is -2.43. The third-order valence-electron chi connectivity index (χ3n) is 5.84. The molecule has 1 amide bonds. The van der Waals surface area contributed by atoms with Crippen LogP contribution in [0.15, 0.2) is 24.3 Å². The average Bonchev–Trinajstić information content (AvgIpc) is 3.13. The number of aryl methyl sites for hydroxylation is 1. The van der Waals surface area contributed by atoms with Crippen molar-refractivity contribution < 1.29 is 4.79 Å². The summed E-state index contributed by atoms with van der Waals surface area (Å²) in [5, 5.41) is 10.4. The van der Waals surface area contributed by atoms with Crippen LogP contribution in [0.25, 0.3) is 0 Å². The summed E-state index contributed by atoms with van der Waals surface area (Å²) < 4.78 is 0. The minimum Gasteiger partial charge on any atom is -0.342 e. The van der Waals surface area contributed by atoms with Gasteiger partial charge in [-0.15, -0.1) is 0 Å². The molecule has 2 aromatic rings. The van der Waals surface area contributed by atoms with Crippen LogP contribution in [0.5, 0.6) is 0 Å². The highest BCUT2D eigenvalue weighted by molar-refractivity contribution is 5.79. The smallest absolute Gasteiger partial charge is 0.225 e. The number of pyridine rings is 1. The van der Waals surface area contributed by atoms with E-state index in [1.165, 1.54) is 19.3 Å². The lowest BCUT2D eigenvalue weighted by atomic mass is 9.86. The topological polar surface area (TPSA) is 73.9 Å². The molecule has 1 saturated heterocycles. The van der Waals surface area contributed by atoms with Gasteiger partial charge >= 0.3 is 0 Å². The predicted molar refractivity (Wildman–Crippen MR) is 106 cm³/mol. The van der Waals surface area contributed by atoms with Gasteiger partial charge in [-0.3, -0.25) is 9.89 Å². The zero-order chi connectivity index (χ0) is 18.6. The lowest BCUT2D eigenvalue weighted by Gasteiger charge is -2.35. The molecule has 0 spiro atoms. The Balaban J connectivity index is 1.43. The first-order valence-electron chi connectivity index (χ1n) is 10.2. The van der Waals surface area contributed by atoms with Gasteiger partial charge in [0, 0.05) is 42.4 Å². The number of amides is 1. The minimum absolute atomic E-state index is 0.251. The van der Waals surface area contributed by atoms with E-state index in [0.717, 1.165) is 61.8 Å². The van der Waals surface area contributed by atoms with E-state index in [4.69, 9.17) is 4.98 Å². The molecule has 2 fully saturated rings. The van der Waals surface area contributed by atoms with E-state index in [-0.39, 0.29) is 5.92 Å². The van der Waals surface area contributed by atoms with Gasteiger partial charge in [0.1, 0.15) is 5.82 Å². The normalized spacial score (nSPS) is 21.2. The van der Waals surface area contributed by atoms with Crippen molar-refractivity contribution in [3.63, 3.8) is 0 Å². The van der Waals surface area contributed by atoms with Crippen molar-refractivity contribution in [2.75, 3.05) is 18.4 Å². The number of hydrogen-bond donors (Lipinski definition) is 2. The number of nitrogens with one attached hydrogen (secondary N) is 2. The molecule has 27 heavy (non-hydrogen) atoms. The number of carbonyl (C=O) groups excluding carboxylic acids is 1. The van der Waals surface area contributed by atoms with Gasteiger partial charge in [0.25, 0.3) is 0 Å². The maximum absolute atomic E-state index is 12.9. The van der Waals surface area contributed by atoms with Gasteiger partial charge in [0.05, 0.1) is 0 Å². The third kappa shape index (κ3) is 4.31. The van der Waals surface area contributed by atoms with E-state index in [9.17, 15) is 4.79 Å². The molecule has 0 radical (unpaired) electrons. The molecule has 4 rings (SSSR count). The molecule has 6 nitrogen and oxygen atoms in total. The monoisotopic (exact) mass is 367 g/mol. The molecule has 3 heterocycles. The molecule has 1 aliphatic heterocycles. The molecule has 2 aromatic heterocycles. The first-order valence-corrected chi connectivity index (χ1v) is 10.2. The van der Waals surface area contributed by atoms with E-state index in [1.807, 2.05) is 25.1 Å². The Morgan fingerprint density at radius 2 is 2.00 bits per heavy atom. The molecule has 2 aliphatic rings. The van der Waals surface area contributed by atoms with Gasteiger partial charge in [-0.2, -0.15) is 5.10 Å². The van der Waals surface area contributed by atoms with Crippen LogP contribution in [0.2, 0.25) is 0 Å². The second-order valence-corrected chi connectivity index (χ2v) is 7.97. The summed E-state index contributed by atoms with van der Waals surface area (Å²) in [6.07, 6.45) is 7.98. The molecule has 1 aliphatic carbocycles. The van der Waals surface area contributed by atoms with Crippen LogP contribution in [-0.2, 0) is 4.79 Å². The number of likely N-dealkylation sites (tertiary alicyclic amines) is 1. The maximum atomic E-state index is 12.9. The molecule has 1 saturated carbocycles. The van der Waals surface area contributed by atoms with Gasteiger partial charge in [0.2, 0.25) is 5.91 Å². The number of H-pyrrole nitrogens is 1. The fourth-order valence-electron chi connectivity index (χ4n) is 4.39. The fourth-order valence-corrected chi connectivity index (χ4v) is 4.39. The molecule has 1 atom stereocenters. The summed E-state index contributed by atoms with van der Waals surface area (Å²) in [4.78, 5) is 19.8. The van der Waals surface area contributed by atoms with E-state index < -0.39 is 0 Å². The van der Waals surface area contributed by atoms with Gasteiger partial charge < -0.3 is 10.2 Å². The maximum Gasteiger partial charge on any atom is 0.225 e. The van der Waals surface area contributed by atoms with Crippen molar-refractivity contribution in [1.29, 1.82) is 0 Å². The number of aromatic amines is 1. The van der Waals surface area contributed by atoms with Crippen molar-refractivity contribution >= 4 is 17.5 Å². The van der Waals surface area contributed by atoms with Crippen LogP contribution in [0, 0.1) is 12.8 Å². The lowest BCUT2D eigenvalue weighted by molar-refractivity contribution is -0.137. The van der Waals surface area contributed by atoms with E-state index in [2.05, 4.69) is 26.5 Å². The summed E-state index contributed by atoms with van der Waals surface area (Å²) in [6, 6.07) is 8.03. The second kappa shape index (κ2) is 8.11. The SMILES string of the molecule is Cc1cc(Nc2cccc([C@@H]3CCCN(C(=O)C4CCCCC4)C3)n2)n[nH]1. The number of piperidine rings is 1. The zero-order valence-corrected chi connectivity index (χ0v) is 16.1. The Morgan fingerprint density at radius 3 is 2.78 bits per heavy atom. The largest absolute Gasteiger partial charge is 0.342 e. The van der Waals surface area contributed by atoms with Crippen molar-refractivity contribution in [2.45, 2.75) is 57.8 Å². The Bertz CT molecular complexity index is 780. The summed E-state index contributed by atoms with van der Waals surface area (Å²) in [7, 11) is 0. The second-order valence-electron chi connectivity index (χ2n) is 7.97. The first-order chi connectivity index (χ1) is 13.2. The number of nitrogens with zero attached hydrogens (tertiary/aromatic N) is 3. The fraction of sp³-hybridized carbons (Fsp3) is 0.571. The summed E-state index contributed by atoms with van der Waals surface area (Å²) in [6.45, 7) is 3.67. The number of aromatic nitrogens is 3. The van der Waals surface area contributed by atoms with Gasteiger partial charge in [0.15, 0.2) is 5.82 Å². The van der Waals surface area contributed by atoms with Crippen molar-refractivity contribution in [3.8, 4) is 0 Å². The molecule has 2 N–H and O–H groups in total. The Morgan fingerprint density at radius 1 is 1.15 bits per heavy atom. The highest BCUT2D eigenvalue weighted by atomic mass is 16.2. The number of anilines is 2. The molecule has 0 bridgehead atoms. The zero-order valence-electron chi connectivity index (χ0n) is 16.1. The van der Waals surface area contributed by atoms with Gasteiger partial charge in [-0.25, -0.2) is 4.98 Å². The molecular formula is C21H29N5O.